The first kappa shape index (κ1) is 25.5. The summed E-state index contributed by atoms with van der Waals surface area (Å²) < 4.78 is 7.96. The van der Waals surface area contributed by atoms with Crippen molar-refractivity contribution in [2.24, 2.45) is 5.92 Å². The molecule has 1 aliphatic carbocycles. The Morgan fingerprint density at radius 3 is 2.54 bits per heavy atom. The molecule has 4 rings (SSSR count). The number of imidazole rings is 1. The summed E-state index contributed by atoms with van der Waals surface area (Å²) in [6, 6.07) is 17.3. The van der Waals surface area contributed by atoms with Gasteiger partial charge in [0.1, 0.15) is 11.6 Å². The summed E-state index contributed by atoms with van der Waals surface area (Å²) >= 11 is 0. The first-order chi connectivity index (χ1) is 17.2. The molecular weight excluding hydrogens is 430 g/mol. The van der Waals surface area contributed by atoms with E-state index in [0.717, 1.165) is 43.7 Å². The lowest BCUT2D eigenvalue weighted by molar-refractivity contribution is 0.238. The average molecular weight is 474 g/mol. The van der Waals surface area contributed by atoms with Crippen LogP contribution in [0.2, 0.25) is 0 Å². The molecule has 0 aliphatic heterocycles. The number of methoxy groups -OCH3 is 1. The van der Waals surface area contributed by atoms with E-state index in [-0.39, 0.29) is 0 Å². The number of ether oxygens (including phenoxy) is 1. The molecule has 3 aromatic rings. The van der Waals surface area contributed by atoms with Crippen LogP contribution in [0.25, 0.3) is 11.4 Å². The summed E-state index contributed by atoms with van der Waals surface area (Å²) in [5.41, 5.74) is 5.08. The van der Waals surface area contributed by atoms with Crippen molar-refractivity contribution in [1.82, 2.24) is 14.5 Å². The minimum Gasteiger partial charge on any atom is -0.496 e. The van der Waals surface area contributed by atoms with Crippen molar-refractivity contribution in [2.45, 2.75) is 84.8 Å². The van der Waals surface area contributed by atoms with Crippen molar-refractivity contribution >= 4 is 0 Å². The predicted molar refractivity (Wildman–Crippen MR) is 146 cm³/mol. The van der Waals surface area contributed by atoms with Gasteiger partial charge in [-0.25, -0.2) is 4.98 Å². The molecule has 0 amide bonds. The highest BCUT2D eigenvalue weighted by molar-refractivity contribution is 5.55. The fourth-order valence-corrected chi connectivity index (χ4v) is 5.56. The van der Waals surface area contributed by atoms with Gasteiger partial charge in [-0.3, -0.25) is 4.90 Å². The largest absolute Gasteiger partial charge is 0.496 e. The van der Waals surface area contributed by atoms with E-state index in [1.54, 1.807) is 7.11 Å². The van der Waals surface area contributed by atoms with Crippen LogP contribution in [0.15, 0.2) is 54.7 Å². The van der Waals surface area contributed by atoms with Crippen molar-refractivity contribution < 1.29 is 4.74 Å². The van der Waals surface area contributed by atoms with Gasteiger partial charge in [-0.1, -0.05) is 81.5 Å². The van der Waals surface area contributed by atoms with Gasteiger partial charge in [0.15, 0.2) is 0 Å². The quantitative estimate of drug-likeness (QED) is 0.255. The Hall–Kier alpha value is -2.59. The molecule has 35 heavy (non-hydrogen) atoms. The second kappa shape index (κ2) is 12.9. The zero-order chi connectivity index (χ0) is 24.5. The van der Waals surface area contributed by atoms with Crippen LogP contribution in [0.4, 0.5) is 0 Å². The van der Waals surface area contributed by atoms with Crippen LogP contribution < -0.4 is 4.74 Å². The fraction of sp³-hybridized carbons (Fsp3) is 0.516. The van der Waals surface area contributed by atoms with Gasteiger partial charge in [0.25, 0.3) is 0 Å². The molecule has 188 valence electrons. The van der Waals surface area contributed by atoms with E-state index in [4.69, 9.17) is 9.72 Å². The van der Waals surface area contributed by atoms with Crippen molar-refractivity contribution in [1.29, 1.82) is 0 Å². The molecule has 2 aromatic carbocycles. The molecule has 1 heterocycles. The van der Waals surface area contributed by atoms with Crippen molar-refractivity contribution in [3.05, 3.63) is 71.5 Å². The Labute approximate surface area is 212 Å². The molecule has 1 aromatic heterocycles. The first-order valence-electron chi connectivity index (χ1n) is 13.6. The Morgan fingerprint density at radius 1 is 1.03 bits per heavy atom. The number of hydrogen-bond acceptors (Lipinski definition) is 3. The molecule has 0 atom stereocenters. The third kappa shape index (κ3) is 6.98. The smallest absolute Gasteiger partial charge is 0.140 e. The van der Waals surface area contributed by atoms with Crippen LogP contribution in [-0.2, 0) is 19.6 Å². The normalized spacial score (nSPS) is 14.2. The molecular formula is C31H43N3O. The van der Waals surface area contributed by atoms with E-state index in [1.165, 1.54) is 73.8 Å². The minimum absolute atomic E-state index is 0.930. The molecule has 0 bridgehead atoms. The maximum absolute atomic E-state index is 5.50. The predicted octanol–water partition coefficient (Wildman–Crippen LogP) is 7.64. The highest BCUT2D eigenvalue weighted by atomic mass is 16.5. The number of rotatable bonds is 13. The van der Waals surface area contributed by atoms with Crippen molar-refractivity contribution in [2.75, 3.05) is 13.7 Å². The van der Waals surface area contributed by atoms with E-state index < -0.39 is 0 Å². The van der Waals surface area contributed by atoms with Gasteiger partial charge in [-0.05, 0) is 55.8 Å². The lowest BCUT2D eigenvalue weighted by Gasteiger charge is -2.24. The molecule has 0 spiro atoms. The highest BCUT2D eigenvalue weighted by Gasteiger charge is 2.18. The lowest BCUT2D eigenvalue weighted by Crippen LogP contribution is -2.26. The SMILES string of the molecule is CCCCn1c(CN(CCCC2CCCC2)Cc2ccc(OC)c(C)c2)cnc1-c1ccccc1. The van der Waals surface area contributed by atoms with E-state index >= 15 is 0 Å². The average Bonchev–Trinajstić information content (AvgIpc) is 3.53. The number of hydrogen-bond donors (Lipinski definition) is 0. The first-order valence-corrected chi connectivity index (χ1v) is 13.6. The Morgan fingerprint density at radius 2 is 1.83 bits per heavy atom. The summed E-state index contributed by atoms with van der Waals surface area (Å²) in [6.07, 6.45) is 12.8. The van der Waals surface area contributed by atoms with Crippen LogP contribution in [0.3, 0.4) is 0 Å². The number of aryl methyl sites for hydroxylation is 1. The molecule has 0 N–H and O–H groups in total. The summed E-state index contributed by atoms with van der Waals surface area (Å²) in [7, 11) is 1.75. The van der Waals surface area contributed by atoms with Crippen LogP contribution in [0, 0.1) is 12.8 Å². The zero-order valence-corrected chi connectivity index (χ0v) is 22.0. The second-order valence-electron chi connectivity index (χ2n) is 10.3. The topological polar surface area (TPSA) is 30.3 Å². The van der Waals surface area contributed by atoms with Gasteiger partial charge in [0, 0.05) is 25.2 Å². The molecule has 1 saturated carbocycles. The molecule has 4 nitrogen and oxygen atoms in total. The highest BCUT2D eigenvalue weighted by Crippen LogP contribution is 2.29. The summed E-state index contributed by atoms with van der Waals surface area (Å²) in [6.45, 7) is 8.43. The van der Waals surface area contributed by atoms with Gasteiger partial charge >= 0.3 is 0 Å². The molecule has 0 unspecified atom stereocenters. The minimum atomic E-state index is 0.930. The molecule has 0 saturated heterocycles. The van der Waals surface area contributed by atoms with Gasteiger partial charge in [0.2, 0.25) is 0 Å². The number of nitrogens with zero attached hydrogens (tertiary/aromatic N) is 3. The molecule has 0 radical (unpaired) electrons. The Bertz CT molecular complexity index is 1040. The summed E-state index contributed by atoms with van der Waals surface area (Å²) in [5, 5.41) is 0. The van der Waals surface area contributed by atoms with Crippen LogP contribution in [0.5, 0.6) is 5.75 Å². The maximum atomic E-state index is 5.50. The number of aromatic nitrogens is 2. The third-order valence-electron chi connectivity index (χ3n) is 7.52. The van der Waals surface area contributed by atoms with Crippen LogP contribution in [-0.4, -0.2) is 28.1 Å². The van der Waals surface area contributed by atoms with Gasteiger partial charge in [-0.2, -0.15) is 0 Å². The fourth-order valence-electron chi connectivity index (χ4n) is 5.56. The Kier molecular flexibility index (Phi) is 9.42. The van der Waals surface area contributed by atoms with E-state index in [9.17, 15) is 0 Å². The van der Waals surface area contributed by atoms with Crippen LogP contribution in [0.1, 0.15) is 75.1 Å². The monoisotopic (exact) mass is 473 g/mol. The van der Waals surface area contributed by atoms with Crippen molar-refractivity contribution in [3.63, 3.8) is 0 Å². The molecule has 1 aliphatic rings. The number of unbranched alkanes of at least 4 members (excludes halogenated alkanes) is 1. The third-order valence-corrected chi connectivity index (χ3v) is 7.52. The van der Waals surface area contributed by atoms with Crippen molar-refractivity contribution in [3.8, 4) is 17.1 Å². The summed E-state index contributed by atoms with van der Waals surface area (Å²) in [4.78, 5) is 7.53. The zero-order valence-electron chi connectivity index (χ0n) is 22.0. The standard InChI is InChI=1S/C31H43N3O/c1-4-5-20-34-29(22-32-31(34)28-15-7-6-8-16-28)24-33(19-11-14-26-12-9-10-13-26)23-27-17-18-30(35-3)25(2)21-27/h6-8,15-18,21-22,26H,4-5,9-14,19-20,23-24H2,1-3H3. The maximum Gasteiger partial charge on any atom is 0.140 e. The second-order valence-corrected chi connectivity index (χ2v) is 10.3. The lowest BCUT2D eigenvalue weighted by atomic mass is 10.0. The van der Waals surface area contributed by atoms with E-state index in [0.29, 0.717) is 0 Å². The van der Waals surface area contributed by atoms with Gasteiger partial charge in [0.05, 0.1) is 19.0 Å². The van der Waals surface area contributed by atoms with Gasteiger partial charge in [-0.15, -0.1) is 0 Å². The van der Waals surface area contributed by atoms with Crippen LogP contribution >= 0.6 is 0 Å². The molecule has 1 fully saturated rings. The number of benzene rings is 2. The van der Waals surface area contributed by atoms with Gasteiger partial charge < -0.3 is 9.30 Å². The Balaban J connectivity index is 1.54. The molecule has 4 heteroatoms. The van der Waals surface area contributed by atoms with E-state index in [1.807, 2.05) is 0 Å². The van der Waals surface area contributed by atoms with E-state index in [2.05, 4.69) is 78.0 Å². The summed E-state index contributed by atoms with van der Waals surface area (Å²) in [5.74, 6) is 3.01.